The topological polar surface area (TPSA) is 101 Å². The summed E-state index contributed by atoms with van der Waals surface area (Å²) in [6.07, 6.45) is 13.2. The molecule has 0 fully saturated rings. The summed E-state index contributed by atoms with van der Waals surface area (Å²) in [7, 11) is -4.14. The van der Waals surface area contributed by atoms with Crippen LogP contribution < -0.4 is 5.73 Å². The summed E-state index contributed by atoms with van der Waals surface area (Å²) in [5.74, 6) is 0.178. The molecular formula is C17H35NO4S. The average Bonchev–Trinajstić information content (AvgIpc) is 2.42. The van der Waals surface area contributed by atoms with Crippen molar-refractivity contribution in [2.45, 2.75) is 83.8 Å². The van der Waals surface area contributed by atoms with Crippen molar-refractivity contribution >= 4 is 10.1 Å². The number of rotatable bonds is 14. The van der Waals surface area contributed by atoms with E-state index >= 15 is 0 Å². The Balaban J connectivity index is 3.53. The van der Waals surface area contributed by atoms with Crippen molar-refractivity contribution < 1.29 is 18.1 Å². The van der Waals surface area contributed by atoms with Crippen molar-refractivity contribution in [3.05, 3.63) is 12.2 Å². The minimum Gasteiger partial charge on any atom is -0.387 e. The Morgan fingerprint density at radius 2 is 1.52 bits per heavy atom. The molecule has 0 heterocycles. The second-order valence-electron chi connectivity index (χ2n) is 6.78. The molecule has 2 unspecified atom stereocenters. The maximum absolute atomic E-state index is 10.7. The molecule has 0 aromatic heterocycles. The van der Waals surface area contributed by atoms with E-state index in [1.54, 1.807) is 0 Å². The van der Waals surface area contributed by atoms with E-state index in [-0.39, 0.29) is 0 Å². The van der Waals surface area contributed by atoms with Gasteiger partial charge in [0.15, 0.2) is 0 Å². The minimum atomic E-state index is -4.14. The minimum absolute atomic E-state index is 0.630. The third-order valence-electron chi connectivity index (χ3n) is 3.83. The highest BCUT2D eigenvalue weighted by molar-refractivity contribution is 7.85. The standard InChI is InChI=1S/C17H35NO4S/c1-15(2)12-10-8-6-4-3-5-7-9-11-13-17(19)16(18)14-23(20,21)22/h11,13,15-17,19H,3-10,12,14,18H2,1-2H3,(H,20,21,22)/b13-11+. The van der Waals surface area contributed by atoms with E-state index in [2.05, 4.69) is 13.8 Å². The van der Waals surface area contributed by atoms with Crippen LogP contribution >= 0.6 is 0 Å². The van der Waals surface area contributed by atoms with Crippen LogP contribution in [0.15, 0.2) is 12.2 Å². The summed E-state index contributed by atoms with van der Waals surface area (Å²) in [6.45, 7) is 4.53. The molecule has 0 aliphatic heterocycles. The number of unbranched alkanes of at least 4 members (excludes halogenated alkanes) is 7. The fourth-order valence-electron chi connectivity index (χ4n) is 2.42. The average molecular weight is 350 g/mol. The Morgan fingerprint density at radius 1 is 1.00 bits per heavy atom. The molecule has 0 spiro atoms. The van der Waals surface area contributed by atoms with Crippen molar-refractivity contribution in [3.63, 3.8) is 0 Å². The lowest BCUT2D eigenvalue weighted by molar-refractivity contribution is 0.198. The highest BCUT2D eigenvalue weighted by Crippen LogP contribution is 2.12. The lowest BCUT2D eigenvalue weighted by Crippen LogP contribution is -2.39. The van der Waals surface area contributed by atoms with Crippen LogP contribution in [-0.2, 0) is 10.1 Å². The van der Waals surface area contributed by atoms with Gasteiger partial charge in [0, 0.05) is 0 Å². The maximum atomic E-state index is 10.7. The highest BCUT2D eigenvalue weighted by atomic mass is 32.2. The summed E-state index contributed by atoms with van der Waals surface area (Å²) in [5, 5.41) is 9.66. The van der Waals surface area contributed by atoms with Crippen molar-refractivity contribution in [1.82, 2.24) is 0 Å². The van der Waals surface area contributed by atoms with Gasteiger partial charge in [0.05, 0.1) is 17.9 Å². The molecule has 0 aliphatic rings. The van der Waals surface area contributed by atoms with Crippen molar-refractivity contribution in [2.75, 3.05) is 5.75 Å². The normalized spacial score (nSPS) is 15.4. The molecule has 0 aliphatic carbocycles. The largest absolute Gasteiger partial charge is 0.387 e. The first-order valence-electron chi connectivity index (χ1n) is 8.78. The van der Waals surface area contributed by atoms with Crippen LogP contribution in [0.5, 0.6) is 0 Å². The summed E-state index contributed by atoms with van der Waals surface area (Å²) >= 11 is 0. The SMILES string of the molecule is CC(C)CCCCCCCCC/C=C/C(O)C(N)CS(=O)(=O)O. The zero-order chi connectivity index (χ0) is 17.7. The Kier molecular flexibility index (Phi) is 12.7. The fourth-order valence-corrected chi connectivity index (χ4v) is 3.10. The molecule has 23 heavy (non-hydrogen) atoms. The van der Waals surface area contributed by atoms with Gasteiger partial charge in [0.25, 0.3) is 10.1 Å². The summed E-state index contributed by atoms with van der Waals surface area (Å²) in [5.41, 5.74) is 5.50. The molecule has 0 saturated carbocycles. The van der Waals surface area contributed by atoms with E-state index in [4.69, 9.17) is 10.3 Å². The van der Waals surface area contributed by atoms with Gasteiger partial charge in [-0.25, -0.2) is 0 Å². The van der Waals surface area contributed by atoms with Crippen LogP contribution in [0.4, 0.5) is 0 Å². The molecule has 0 saturated heterocycles. The van der Waals surface area contributed by atoms with Crippen LogP contribution in [0, 0.1) is 5.92 Å². The van der Waals surface area contributed by atoms with Gasteiger partial charge in [0.1, 0.15) is 0 Å². The third kappa shape index (κ3) is 16.2. The van der Waals surface area contributed by atoms with Gasteiger partial charge >= 0.3 is 0 Å². The summed E-state index contributed by atoms with van der Waals surface area (Å²) < 4.78 is 30.0. The lowest BCUT2D eigenvalue weighted by Gasteiger charge is -2.13. The highest BCUT2D eigenvalue weighted by Gasteiger charge is 2.18. The zero-order valence-corrected chi connectivity index (χ0v) is 15.5. The number of aliphatic hydroxyl groups is 1. The van der Waals surface area contributed by atoms with Crippen LogP contribution in [0.2, 0.25) is 0 Å². The monoisotopic (exact) mass is 349 g/mol. The van der Waals surface area contributed by atoms with Gasteiger partial charge in [-0.2, -0.15) is 8.42 Å². The first kappa shape index (κ1) is 22.6. The molecule has 2 atom stereocenters. The quantitative estimate of drug-likeness (QED) is 0.254. The van der Waals surface area contributed by atoms with E-state index in [0.29, 0.717) is 0 Å². The van der Waals surface area contributed by atoms with Crippen molar-refractivity contribution in [3.8, 4) is 0 Å². The van der Waals surface area contributed by atoms with E-state index in [1.165, 1.54) is 51.0 Å². The molecular weight excluding hydrogens is 314 g/mol. The second kappa shape index (κ2) is 12.9. The van der Waals surface area contributed by atoms with E-state index in [0.717, 1.165) is 18.8 Å². The summed E-state index contributed by atoms with van der Waals surface area (Å²) in [6, 6.07) is -0.993. The molecule has 0 aromatic carbocycles. The number of hydrogen-bond donors (Lipinski definition) is 3. The Bertz CT molecular complexity index is 407. The van der Waals surface area contributed by atoms with E-state index in [9.17, 15) is 13.5 Å². The second-order valence-corrected chi connectivity index (χ2v) is 8.27. The lowest BCUT2D eigenvalue weighted by atomic mass is 10.0. The Morgan fingerprint density at radius 3 is 2.04 bits per heavy atom. The Hall–Kier alpha value is -0.430. The molecule has 0 bridgehead atoms. The first-order valence-corrected chi connectivity index (χ1v) is 10.4. The predicted molar refractivity (Wildman–Crippen MR) is 95.9 cm³/mol. The Labute approximate surface area is 142 Å². The molecule has 6 heteroatoms. The molecule has 0 aromatic rings. The zero-order valence-electron chi connectivity index (χ0n) is 14.7. The van der Waals surface area contributed by atoms with Gasteiger partial charge in [0.2, 0.25) is 0 Å². The predicted octanol–water partition coefficient (Wildman–Crippen LogP) is 3.29. The summed E-state index contributed by atoms with van der Waals surface area (Å²) in [4.78, 5) is 0. The molecule has 0 amide bonds. The van der Waals surface area contributed by atoms with Crippen LogP contribution in [0.3, 0.4) is 0 Å². The number of nitrogens with two attached hydrogens (primary N) is 1. The number of allylic oxidation sites excluding steroid dienone is 1. The first-order chi connectivity index (χ1) is 10.7. The smallest absolute Gasteiger partial charge is 0.266 e. The van der Waals surface area contributed by atoms with Crippen LogP contribution in [-0.4, -0.2) is 36.0 Å². The van der Waals surface area contributed by atoms with Gasteiger partial charge in [-0.1, -0.05) is 70.9 Å². The number of hydrogen-bond acceptors (Lipinski definition) is 4. The fraction of sp³-hybridized carbons (Fsp3) is 0.882. The van der Waals surface area contributed by atoms with Crippen LogP contribution in [0.1, 0.15) is 71.6 Å². The van der Waals surface area contributed by atoms with Gasteiger partial charge < -0.3 is 10.8 Å². The van der Waals surface area contributed by atoms with E-state index in [1.807, 2.05) is 6.08 Å². The molecule has 5 nitrogen and oxygen atoms in total. The third-order valence-corrected chi connectivity index (χ3v) is 4.63. The molecule has 0 rings (SSSR count). The van der Waals surface area contributed by atoms with E-state index < -0.39 is 28.0 Å². The van der Waals surface area contributed by atoms with Gasteiger partial charge in [-0.05, 0) is 18.8 Å². The van der Waals surface area contributed by atoms with Crippen molar-refractivity contribution in [1.29, 1.82) is 0 Å². The molecule has 138 valence electrons. The molecule has 4 N–H and O–H groups in total. The van der Waals surface area contributed by atoms with Crippen molar-refractivity contribution in [2.24, 2.45) is 11.7 Å². The molecule has 0 radical (unpaired) electrons. The van der Waals surface area contributed by atoms with Crippen LogP contribution in [0.25, 0.3) is 0 Å². The van der Waals surface area contributed by atoms with Gasteiger partial charge in [-0.3, -0.25) is 4.55 Å². The van der Waals surface area contributed by atoms with Gasteiger partial charge in [-0.15, -0.1) is 0 Å². The number of aliphatic hydroxyl groups excluding tert-OH is 1. The maximum Gasteiger partial charge on any atom is 0.266 e.